The first-order valence-electron chi connectivity index (χ1n) is 5.81. The average Bonchev–Trinajstić information content (AvgIpc) is 2.61. The fourth-order valence-electron chi connectivity index (χ4n) is 2.26. The van der Waals surface area contributed by atoms with E-state index in [1.807, 2.05) is 37.3 Å². The van der Waals surface area contributed by atoms with E-state index in [9.17, 15) is 4.79 Å². The average molecular weight is 307 g/mol. The number of rotatable bonds is 3. The van der Waals surface area contributed by atoms with Crippen molar-refractivity contribution in [3.63, 3.8) is 0 Å². The Balaban J connectivity index is 2.75. The minimum atomic E-state index is -0.399. The lowest BCUT2D eigenvalue weighted by atomic mass is 10.1. The first-order chi connectivity index (χ1) is 8.57. The highest BCUT2D eigenvalue weighted by atomic mass is 79.9. The van der Waals surface area contributed by atoms with Gasteiger partial charge in [0.1, 0.15) is 0 Å². The van der Waals surface area contributed by atoms with Crippen molar-refractivity contribution in [2.24, 2.45) is 5.73 Å². The first-order valence-corrected chi connectivity index (χ1v) is 6.61. The van der Waals surface area contributed by atoms with Crippen LogP contribution in [-0.4, -0.2) is 10.5 Å². The second-order valence-corrected chi connectivity index (χ2v) is 4.89. The van der Waals surface area contributed by atoms with Gasteiger partial charge in [-0.05, 0) is 35.3 Å². The van der Waals surface area contributed by atoms with E-state index in [0.717, 1.165) is 28.0 Å². The third-order valence-electron chi connectivity index (χ3n) is 3.07. The summed E-state index contributed by atoms with van der Waals surface area (Å²) in [5.74, 6) is -0.399. The van der Waals surface area contributed by atoms with Gasteiger partial charge in [0.2, 0.25) is 0 Å². The largest absolute Gasteiger partial charge is 0.366 e. The molecule has 0 fully saturated rings. The summed E-state index contributed by atoms with van der Waals surface area (Å²) in [4.78, 5) is 11.5. The SMILES string of the molecule is CCn1c(C)c(C(N)=O)c(Br)c1-c1ccccc1. The summed E-state index contributed by atoms with van der Waals surface area (Å²) >= 11 is 3.51. The smallest absolute Gasteiger partial charge is 0.251 e. The van der Waals surface area contributed by atoms with Crippen LogP contribution in [0.4, 0.5) is 0 Å². The fraction of sp³-hybridized carbons (Fsp3) is 0.214. The zero-order valence-corrected chi connectivity index (χ0v) is 12.0. The van der Waals surface area contributed by atoms with Crippen LogP contribution in [-0.2, 0) is 6.54 Å². The van der Waals surface area contributed by atoms with E-state index in [4.69, 9.17) is 5.73 Å². The first kappa shape index (κ1) is 12.9. The second-order valence-electron chi connectivity index (χ2n) is 4.10. The molecule has 1 aromatic carbocycles. The third kappa shape index (κ3) is 1.97. The van der Waals surface area contributed by atoms with Gasteiger partial charge in [-0.25, -0.2) is 0 Å². The summed E-state index contributed by atoms with van der Waals surface area (Å²) in [6, 6.07) is 9.98. The molecule has 3 nitrogen and oxygen atoms in total. The fourth-order valence-corrected chi connectivity index (χ4v) is 3.18. The van der Waals surface area contributed by atoms with E-state index in [1.165, 1.54) is 0 Å². The number of primary amides is 1. The van der Waals surface area contributed by atoms with Gasteiger partial charge in [0.25, 0.3) is 5.91 Å². The van der Waals surface area contributed by atoms with Crippen LogP contribution in [0.2, 0.25) is 0 Å². The van der Waals surface area contributed by atoms with Crippen LogP contribution in [0.5, 0.6) is 0 Å². The highest BCUT2D eigenvalue weighted by molar-refractivity contribution is 9.10. The van der Waals surface area contributed by atoms with Crippen LogP contribution >= 0.6 is 15.9 Å². The maximum atomic E-state index is 11.5. The molecule has 0 radical (unpaired) electrons. The maximum absolute atomic E-state index is 11.5. The number of halogens is 1. The van der Waals surface area contributed by atoms with Crippen molar-refractivity contribution >= 4 is 21.8 Å². The van der Waals surface area contributed by atoms with E-state index in [2.05, 4.69) is 27.4 Å². The van der Waals surface area contributed by atoms with Crippen LogP contribution in [0.1, 0.15) is 23.0 Å². The van der Waals surface area contributed by atoms with Crippen LogP contribution in [0, 0.1) is 6.92 Å². The summed E-state index contributed by atoms with van der Waals surface area (Å²) in [5, 5.41) is 0. The van der Waals surface area contributed by atoms with Crippen LogP contribution in [0.15, 0.2) is 34.8 Å². The summed E-state index contributed by atoms with van der Waals surface area (Å²) in [6.07, 6.45) is 0. The van der Waals surface area contributed by atoms with Gasteiger partial charge in [0, 0.05) is 12.2 Å². The van der Waals surface area contributed by atoms with E-state index < -0.39 is 5.91 Å². The minimum Gasteiger partial charge on any atom is -0.366 e. The van der Waals surface area contributed by atoms with Gasteiger partial charge in [-0.2, -0.15) is 0 Å². The number of carbonyl (C=O) groups excluding carboxylic acids is 1. The zero-order chi connectivity index (χ0) is 13.3. The molecule has 94 valence electrons. The van der Waals surface area contributed by atoms with Gasteiger partial charge in [0.15, 0.2) is 0 Å². The minimum absolute atomic E-state index is 0.399. The van der Waals surface area contributed by atoms with Crippen molar-refractivity contribution in [2.45, 2.75) is 20.4 Å². The quantitative estimate of drug-likeness (QED) is 0.929. The number of amides is 1. The normalized spacial score (nSPS) is 10.6. The molecule has 0 saturated carbocycles. The molecule has 1 amide bonds. The van der Waals surface area contributed by atoms with Crippen LogP contribution in [0.25, 0.3) is 11.3 Å². The molecule has 1 heterocycles. The molecule has 0 aliphatic rings. The number of aromatic nitrogens is 1. The Kier molecular flexibility index (Phi) is 3.57. The molecular weight excluding hydrogens is 292 g/mol. The highest BCUT2D eigenvalue weighted by Gasteiger charge is 2.21. The van der Waals surface area contributed by atoms with Gasteiger partial charge in [-0.3, -0.25) is 4.79 Å². The topological polar surface area (TPSA) is 48.0 Å². The predicted molar refractivity (Wildman–Crippen MR) is 76.5 cm³/mol. The molecule has 18 heavy (non-hydrogen) atoms. The molecule has 0 aliphatic heterocycles. The Morgan fingerprint density at radius 3 is 2.44 bits per heavy atom. The van der Waals surface area contributed by atoms with Crippen molar-refractivity contribution in [1.29, 1.82) is 0 Å². The maximum Gasteiger partial charge on any atom is 0.251 e. The number of benzene rings is 1. The number of hydrogen-bond donors (Lipinski definition) is 1. The predicted octanol–water partition coefficient (Wildman–Crippen LogP) is 3.34. The summed E-state index contributed by atoms with van der Waals surface area (Å²) in [6.45, 7) is 4.76. The molecule has 0 atom stereocenters. The lowest BCUT2D eigenvalue weighted by molar-refractivity contribution is 0.0999. The van der Waals surface area contributed by atoms with Crippen LogP contribution < -0.4 is 5.73 Å². The van der Waals surface area contributed by atoms with Crippen molar-refractivity contribution in [2.75, 3.05) is 0 Å². The lowest BCUT2D eigenvalue weighted by Crippen LogP contribution is -2.12. The van der Waals surface area contributed by atoms with Gasteiger partial charge in [-0.1, -0.05) is 30.3 Å². The molecule has 0 spiro atoms. The molecule has 0 unspecified atom stereocenters. The standard InChI is InChI=1S/C14H15BrN2O/c1-3-17-9(2)11(14(16)18)12(15)13(17)10-7-5-4-6-8-10/h4-8H,3H2,1-2H3,(H2,16,18). The zero-order valence-electron chi connectivity index (χ0n) is 10.4. The van der Waals surface area contributed by atoms with E-state index in [-0.39, 0.29) is 0 Å². The van der Waals surface area contributed by atoms with Gasteiger partial charge < -0.3 is 10.3 Å². The number of nitrogens with zero attached hydrogens (tertiary/aromatic N) is 1. The van der Waals surface area contributed by atoms with Gasteiger partial charge in [-0.15, -0.1) is 0 Å². The second kappa shape index (κ2) is 4.98. The van der Waals surface area contributed by atoms with Gasteiger partial charge in [0.05, 0.1) is 15.7 Å². The van der Waals surface area contributed by atoms with Crippen molar-refractivity contribution in [3.8, 4) is 11.3 Å². The summed E-state index contributed by atoms with van der Waals surface area (Å²) in [5.41, 5.74) is 8.99. The van der Waals surface area contributed by atoms with Gasteiger partial charge >= 0.3 is 0 Å². The number of nitrogens with two attached hydrogens (primary N) is 1. The Morgan fingerprint density at radius 2 is 1.94 bits per heavy atom. The van der Waals surface area contributed by atoms with E-state index >= 15 is 0 Å². The van der Waals surface area contributed by atoms with Crippen molar-refractivity contribution < 1.29 is 4.79 Å². The molecule has 2 N–H and O–H groups in total. The molecule has 1 aromatic heterocycles. The Hall–Kier alpha value is -1.55. The van der Waals surface area contributed by atoms with Crippen molar-refractivity contribution in [1.82, 2.24) is 4.57 Å². The van der Waals surface area contributed by atoms with Crippen molar-refractivity contribution in [3.05, 3.63) is 46.1 Å². The summed E-state index contributed by atoms with van der Waals surface area (Å²) < 4.78 is 2.88. The Morgan fingerprint density at radius 1 is 1.33 bits per heavy atom. The molecule has 2 rings (SSSR count). The molecule has 0 bridgehead atoms. The molecule has 4 heteroatoms. The molecule has 2 aromatic rings. The monoisotopic (exact) mass is 306 g/mol. The Bertz CT molecular complexity index is 588. The highest BCUT2D eigenvalue weighted by Crippen LogP contribution is 2.35. The van der Waals surface area contributed by atoms with Crippen LogP contribution in [0.3, 0.4) is 0 Å². The molecular formula is C14H15BrN2O. The van der Waals surface area contributed by atoms with E-state index in [1.54, 1.807) is 0 Å². The molecule has 0 saturated heterocycles. The number of carbonyl (C=O) groups is 1. The lowest BCUT2D eigenvalue weighted by Gasteiger charge is -2.09. The summed E-state index contributed by atoms with van der Waals surface area (Å²) in [7, 11) is 0. The number of hydrogen-bond acceptors (Lipinski definition) is 1. The molecule has 0 aliphatic carbocycles. The third-order valence-corrected chi connectivity index (χ3v) is 3.85. The van der Waals surface area contributed by atoms with E-state index in [0.29, 0.717) is 5.56 Å². The Labute approximate surface area is 115 Å².